The molecule has 4 nitrogen and oxygen atoms in total. The van der Waals surface area contributed by atoms with Crippen LogP contribution in [-0.2, 0) is 0 Å². The Morgan fingerprint density at radius 2 is 2.19 bits per heavy atom. The number of hydrogen-bond donors (Lipinski definition) is 0. The third kappa shape index (κ3) is 3.24. The summed E-state index contributed by atoms with van der Waals surface area (Å²) in [5, 5.41) is 4.71. The minimum absolute atomic E-state index is 0.0899. The molecule has 21 heavy (non-hydrogen) atoms. The van der Waals surface area contributed by atoms with Gasteiger partial charge in [-0.25, -0.2) is 0 Å². The predicted octanol–water partition coefficient (Wildman–Crippen LogP) is 3.65. The van der Waals surface area contributed by atoms with Crippen LogP contribution in [-0.4, -0.2) is 34.8 Å². The number of halogens is 1. The van der Waals surface area contributed by atoms with Crippen LogP contribution in [0.1, 0.15) is 27.8 Å². The Bertz CT molecular complexity index is 618. The number of aromatic nitrogens is 1. The molecule has 1 aliphatic rings. The van der Waals surface area contributed by atoms with E-state index in [0.29, 0.717) is 24.1 Å². The summed E-state index contributed by atoms with van der Waals surface area (Å²) in [5.41, 5.74) is 1.15. The van der Waals surface area contributed by atoms with Crippen molar-refractivity contribution in [1.29, 1.82) is 0 Å². The van der Waals surface area contributed by atoms with E-state index in [-0.39, 0.29) is 5.91 Å². The lowest BCUT2D eigenvalue weighted by molar-refractivity contribution is 0.0725. The Labute approximate surface area is 132 Å². The lowest BCUT2D eigenvalue weighted by Crippen LogP contribution is -2.32. The number of thioether (sulfide) groups is 1. The molecule has 3 rings (SSSR count). The molecule has 110 valence electrons. The summed E-state index contributed by atoms with van der Waals surface area (Å²) >= 11 is 8.12. The van der Waals surface area contributed by atoms with Gasteiger partial charge in [0.15, 0.2) is 0 Å². The second-order valence-corrected chi connectivity index (χ2v) is 6.56. The van der Waals surface area contributed by atoms with Gasteiger partial charge in [-0.05, 0) is 18.1 Å². The molecule has 1 atom stereocenters. The molecule has 2 aromatic rings. The van der Waals surface area contributed by atoms with Gasteiger partial charge in [0.2, 0.25) is 5.76 Å². The Hall–Kier alpha value is -1.46. The topological polar surface area (TPSA) is 46.3 Å². The molecule has 1 amide bonds. The fourth-order valence-electron chi connectivity index (χ4n) is 2.44. The van der Waals surface area contributed by atoms with E-state index in [1.807, 2.05) is 34.9 Å². The molecule has 1 aromatic heterocycles. The first kappa shape index (κ1) is 14.5. The number of nitrogens with zero attached hydrogens (tertiary/aromatic N) is 2. The third-order valence-corrected chi connectivity index (χ3v) is 5.18. The summed E-state index contributed by atoms with van der Waals surface area (Å²) < 4.78 is 4.95. The number of carbonyl (C=O) groups excluding carboxylic acids is 1. The van der Waals surface area contributed by atoms with Gasteiger partial charge in [0.1, 0.15) is 0 Å². The number of benzene rings is 1. The molecule has 0 aliphatic carbocycles. The normalized spacial score (nSPS) is 19.3. The standard InChI is InChI=1S/C15H15ClN2O2S/c16-12-4-2-1-3-11(12)14-6-8-18(9-10-21-14)15(19)13-5-7-17-20-13/h1-5,7,14H,6,8-10H2/t14-/m1/s1. The molecule has 0 saturated carbocycles. The highest BCUT2D eigenvalue weighted by Crippen LogP contribution is 2.37. The van der Waals surface area contributed by atoms with E-state index in [1.165, 1.54) is 6.20 Å². The molecule has 1 saturated heterocycles. The highest BCUT2D eigenvalue weighted by atomic mass is 35.5. The first-order valence-corrected chi connectivity index (χ1v) is 8.24. The average molecular weight is 323 g/mol. The van der Waals surface area contributed by atoms with Gasteiger partial charge >= 0.3 is 0 Å². The summed E-state index contributed by atoms with van der Waals surface area (Å²) in [6, 6.07) is 9.52. The smallest absolute Gasteiger partial charge is 0.292 e. The lowest BCUT2D eigenvalue weighted by atomic mass is 10.1. The minimum Gasteiger partial charge on any atom is -0.351 e. The van der Waals surface area contributed by atoms with Crippen LogP contribution < -0.4 is 0 Å². The summed E-state index contributed by atoms with van der Waals surface area (Å²) in [5.74, 6) is 1.10. The first-order valence-electron chi connectivity index (χ1n) is 6.81. The second-order valence-electron chi connectivity index (χ2n) is 4.84. The van der Waals surface area contributed by atoms with Crippen molar-refractivity contribution < 1.29 is 9.32 Å². The van der Waals surface area contributed by atoms with E-state index >= 15 is 0 Å². The zero-order valence-corrected chi connectivity index (χ0v) is 12.9. The molecule has 1 aromatic carbocycles. The maximum atomic E-state index is 12.3. The number of hydrogen-bond acceptors (Lipinski definition) is 4. The highest BCUT2D eigenvalue weighted by molar-refractivity contribution is 7.99. The van der Waals surface area contributed by atoms with Crippen molar-refractivity contribution in [3.05, 3.63) is 52.9 Å². The average Bonchev–Trinajstić information content (AvgIpc) is 2.92. The molecule has 0 radical (unpaired) electrons. The van der Waals surface area contributed by atoms with E-state index in [9.17, 15) is 4.79 Å². The van der Waals surface area contributed by atoms with Crippen molar-refractivity contribution in [1.82, 2.24) is 10.1 Å². The molecule has 0 unspecified atom stereocenters. The van der Waals surface area contributed by atoms with Gasteiger partial charge in [0, 0.05) is 35.2 Å². The lowest BCUT2D eigenvalue weighted by Gasteiger charge is -2.19. The van der Waals surface area contributed by atoms with Gasteiger partial charge in [-0.15, -0.1) is 0 Å². The number of carbonyl (C=O) groups is 1. The number of rotatable bonds is 2. The SMILES string of the molecule is O=C(c1ccno1)N1CCS[C@@H](c2ccccc2Cl)CC1. The Balaban J connectivity index is 1.70. The molecule has 0 spiro atoms. The van der Waals surface area contributed by atoms with Gasteiger partial charge in [-0.3, -0.25) is 4.79 Å². The van der Waals surface area contributed by atoms with Gasteiger partial charge in [0.05, 0.1) is 6.20 Å². The summed E-state index contributed by atoms with van der Waals surface area (Å²) in [6.45, 7) is 1.41. The zero-order chi connectivity index (χ0) is 14.7. The maximum absolute atomic E-state index is 12.3. The fourth-order valence-corrected chi connectivity index (χ4v) is 4.04. The molecule has 2 heterocycles. The van der Waals surface area contributed by atoms with Crippen LogP contribution in [0.4, 0.5) is 0 Å². The van der Waals surface area contributed by atoms with Crippen LogP contribution in [0, 0.1) is 0 Å². The predicted molar refractivity (Wildman–Crippen MR) is 83.7 cm³/mol. The van der Waals surface area contributed by atoms with Crippen molar-refractivity contribution in [2.24, 2.45) is 0 Å². The molecule has 1 fully saturated rings. The summed E-state index contributed by atoms with van der Waals surface area (Å²) in [6.07, 6.45) is 2.38. The van der Waals surface area contributed by atoms with E-state index in [4.69, 9.17) is 16.1 Å². The van der Waals surface area contributed by atoms with Crippen LogP contribution in [0.3, 0.4) is 0 Å². The molecule has 6 heteroatoms. The van der Waals surface area contributed by atoms with Gasteiger partial charge in [0.25, 0.3) is 5.91 Å². The van der Waals surface area contributed by atoms with Gasteiger partial charge < -0.3 is 9.42 Å². The van der Waals surface area contributed by atoms with Crippen molar-refractivity contribution in [3.63, 3.8) is 0 Å². The maximum Gasteiger partial charge on any atom is 0.292 e. The van der Waals surface area contributed by atoms with Crippen LogP contribution in [0.15, 0.2) is 41.1 Å². The summed E-state index contributed by atoms with van der Waals surface area (Å²) in [7, 11) is 0. The van der Waals surface area contributed by atoms with E-state index in [0.717, 1.165) is 22.8 Å². The summed E-state index contributed by atoms with van der Waals surface area (Å²) in [4.78, 5) is 14.1. The van der Waals surface area contributed by atoms with E-state index < -0.39 is 0 Å². The third-order valence-electron chi connectivity index (χ3n) is 3.53. The molecule has 0 bridgehead atoms. The Morgan fingerprint density at radius 3 is 2.95 bits per heavy atom. The Kier molecular flexibility index (Phi) is 4.51. The largest absolute Gasteiger partial charge is 0.351 e. The van der Waals surface area contributed by atoms with Crippen molar-refractivity contribution in [2.45, 2.75) is 11.7 Å². The van der Waals surface area contributed by atoms with E-state index in [2.05, 4.69) is 11.2 Å². The fraction of sp³-hybridized carbons (Fsp3) is 0.333. The van der Waals surface area contributed by atoms with Gasteiger partial charge in [-0.2, -0.15) is 11.8 Å². The monoisotopic (exact) mass is 322 g/mol. The highest BCUT2D eigenvalue weighted by Gasteiger charge is 2.25. The molecule has 1 aliphatic heterocycles. The van der Waals surface area contributed by atoms with Crippen LogP contribution in [0.5, 0.6) is 0 Å². The number of amides is 1. The zero-order valence-electron chi connectivity index (χ0n) is 11.4. The van der Waals surface area contributed by atoms with Crippen molar-refractivity contribution in [2.75, 3.05) is 18.8 Å². The van der Waals surface area contributed by atoms with E-state index in [1.54, 1.807) is 6.07 Å². The molecule has 0 N–H and O–H groups in total. The van der Waals surface area contributed by atoms with Crippen LogP contribution in [0.2, 0.25) is 5.02 Å². The molecular weight excluding hydrogens is 308 g/mol. The minimum atomic E-state index is -0.0899. The second kappa shape index (κ2) is 6.54. The van der Waals surface area contributed by atoms with Gasteiger partial charge in [-0.1, -0.05) is 35.0 Å². The molecular formula is C15H15ClN2O2S. The first-order chi connectivity index (χ1) is 10.3. The van der Waals surface area contributed by atoms with Crippen molar-refractivity contribution in [3.8, 4) is 0 Å². The van der Waals surface area contributed by atoms with Crippen LogP contribution in [0.25, 0.3) is 0 Å². The quantitative estimate of drug-likeness (QED) is 0.846. The van der Waals surface area contributed by atoms with Crippen LogP contribution >= 0.6 is 23.4 Å². The Morgan fingerprint density at radius 1 is 1.33 bits per heavy atom. The van der Waals surface area contributed by atoms with Crippen molar-refractivity contribution >= 4 is 29.3 Å².